The number of hydrogen-bond donors (Lipinski definition) is 4. The molecule has 0 aromatic heterocycles. The van der Waals surface area contributed by atoms with Gasteiger partial charge in [0, 0.05) is 31.7 Å². The second-order valence-electron chi connectivity index (χ2n) is 6.19. The maximum atomic E-state index is 12.0. The molecule has 7 nitrogen and oxygen atoms in total. The molecule has 1 aromatic rings. The van der Waals surface area contributed by atoms with E-state index >= 15 is 0 Å². The summed E-state index contributed by atoms with van der Waals surface area (Å²) in [6, 6.07) is 7.04. The van der Waals surface area contributed by atoms with Gasteiger partial charge in [-0.05, 0) is 24.5 Å². The van der Waals surface area contributed by atoms with Crippen molar-refractivity contribution in [2.45, 2.75) is 44.6 Å². The molecule has 2 rings (SSSR count). The number of urea groups is 1. The van der Waals surface area contributed by atoms with Crippen molar-refractivity contribution in [3.8, 4) is 0 Å². The third-order valence-electron chi connectivity index (χ3n) is 4.25. The predicted molar refractivity (Wildman–Crippen MR) is 96.2 cm³/mol. The highest BCUT2D eigenvalue weighted by Gasteiger charge is 2.17. The van der Waals surface area contributed by atoms with Crippen LogP contribution >= 0.6 is 0 Å². The monoisotopic (exact) mass is 346 g/mol. The quantitative estimate of drug-likeness (QED) is 0.603. The van der Waals surface area contributed by atoms with Gasteiger partial charge in [-0.3, -0.25) is 9.59 Å². The summed E-state index contributed by atoms with van der Waals surface area (Å²) in [5, 5.41) is 10.9. The number of hydrogen-bond acceptors (Lipinski definition) is 3. The van der Waals surface area contributed by atoms with E-state index in [-0.39, 0.29) is 37.2 Å². The van der Waals surface area contributed by atoms with E-state index in [9.17, 15) is 14.4 Å². The number of para-hydroxylation sites is 1. The van der Waals surface area contributed by atoms with E-state index in [1.165, 1.54) is 12.8 Å². The van der Waals surface area contributed by atoms with Gasteiger partial charge in [0.05, 0.1) is 6.42 Å². The Morgan fingerprint density at radius 2 is 1.80 bits per heavy atom. The lowest BCUT2D eigenvalue weighted by Crippen LogP contribution is -2.36. The van der Waals surface area contributed by atoms with E-state index in [2.05, 4.69) is 21.3 Å². The highest BCUT2D eigenvalue weighted by molar-refractivity contribution is 5.91. The molecular formula is C18H26N4O3. The molecule has 136 valence electrons. The average Bonchev–Trinajstić information content (AvgIpc) is 3.09. The summed E-state index contributed by atoms with van der Waals surface area (Å²) < 4.78 is 0. The lowest BCUT2D eigenvalue weighted by molar-refractivity contribution is -0.122. The average molecular weight is 346 g/mol. The van der Waals surface area contributed by atoms with E-state index < -0.39 is 6.03 Å². The minimum Gasteiger partial charge on any atom is -0.359 e. The summed E-state index contributed by atoms with van der Waals surface area (Å²) in [6.07, 6.45) is 4.87. The molecular weight excluding hydrogens is 320 g/mol. The number of amides is 4. The van der Waals surface area contributed by atoms with Crippen molar-refractivity contribution in [3.05, 3.63) is 29.8 Å². The highest BCUT2D eigenvalue weighted by atomic mass is 16.2. The summed E-state index contributed by atoms with van der Waals surface area (Å²) in [6.45, 7) is 0.266. The highest BCUT2D eigenvalue weighted by Crippen LogP contribution is 2.17. The molecule has 0 radical (unpaired) electrons. The second kappa shape index (κ2) is 9.66. The van der Waals surface area contributed by atoms with E-state index in [1.807, 2.05) is 6.07 Å². The first kappa shape index (κ1) is 18.8. The maximum absolute atomic E-state index is 12.0. The Kier molecular flexibility index (Phi) is 7.25. The van der Waals surface area contributed by atoms with Crippen molar-refractivity contribution < 1.29 is 14.4 Å². The molecule has 4 amide bonds. The Balaban J connectivity index is 1.74. The van der Waals surface area contributed by atoms with Gasteiger partial charge in [-0.1, -0.05) is 31.0 Å². The van der Waals surface area contributed by atoms with Crippen LogP contribution in [0.4, 0.5) is 10.5 Å². The molecule has 7 heteroatoms. The van der Waals surface area contributed by atoms with E-state index in [1.54, 1.807) is 25.2 Å². The number of nitrogens with one attached hydrogen (secondary N) is 4. The molecule has 0 aliphatic heterocycles. The van der Waals surface area contributed by atoms with Crippen molar-refractivity contribution in [2.75, 3.05) is 18.9 Å². The Morgan fingerprint density at radius 3 is 2.52 bits per heavy atom. The van der Waals surface area contributed by atoms with Gasteiger partial charge in [-0.15, -0.1) is 0 Å². The number of carbonyl (C=O) groups is 3. The largest absolute Gasteiger partial charge is 0.359 e. The molecule has 0 unspecified atom stereocenters. The van der Waals surface area contributed by atoms with Gasteiger partial charge in [-0.2, -0.15) is 0 Å². The van der Waals surface area contributed by atoms with Crippen LogP contribution in [0.3, 0.4) is 0 Å². The van der Waals surface area contributed by atoms with E-state index in [4.69, 9.17) is 0 Å². The first-order chi connectivity index (χ1) is 12.1. The Morgan fingerprint density at radius 1 is 1.08 bits per heavy atom. The van der Waals surface area contributed by atoms with Gasteiger partial charge >= 0.3 is 6.03 Å². The zero-order chi connectivity index (χ0) is 18.1. The number of carbonyl (C=O) groups excluding carboxylic acids is 3. The topological polar surface area (TPSA) is 99.3 Å². The minimum atomic E-state index is -0.391. The fourth-order valence-electron chi connectivity index (χ4n) is 2.88. The van der Waals surface area contributed by atoms with Crippen molar-refractivity contribution >= 4 is 23.5 Å². The van der Waals surface area contributed by atoms with E-state index in [0.29, 0.717) is 5.69 Å². The van der Waals surface area contributed by atoms with Crippen LogP contribution in [-0.4, -0.2) is 37.5 Å². The first-order valence-electron chi connectivity index (χ1n) is 8.71. The fraction of sp³-hybridized carbons (Fsp3) is 0.500. The maximum Gasteiger partial charge on any atom is 0.319 e. The predicted octanol–water partition coefficient (Wildman–Crippen LogP) is 1.55. The number of anilines is 1. The molecule has 1 aromatic carbocycles. The molecule has 4 N–H and O–H groups in total. The van der Waals surface area contributed by atoms with Crippen molar-refractivity contribution in [1.82, 2.24) is 16.0 Å². The first-order valence-corrected chi connectivity index (χ1v) is 8.71. The van der Waals surface area contributed by atoms with Crippen LogP contribution in [0.5, 0.6) is 0 Å². The van der Waals surface area contributed by atoms with Gasteiger partial charge in [-0.25, -0.2) is 4.79 Å². The normalized spacial score (nSPS) is 14.0. The Labute approximate surface area is 147 Å². The van der Waals surface area contributed by atoms with Gasteiger partial charge in [0.25, 0.3) is 0 Å². The summed E-state index contributed by atoms with van der Waals surface area (Å²) in [5.74, 6) is -0.162. The summed E-state index contributed by atoms with van der Waals surface area (Å²) >= 11 is 0. The molecule has 0 saturated heterocycles. The smallest absolute Gasteiger partial charge is 0.319 e. The van der Waals surface area contributed by atoms with Gasteiger partial charge in [0.2, 0.25) is 11.8 Å². The Hall–Kier alpha value is -2.57. The lowest BCUT2D eigenvalue weighted by Gasteiger charge is -2.13. The zero-order valence-corrected chi connectivity index (χ0v) is 14.6. The van der Waals surface area contributed by atoms with E-state index in [0.717, 1.165) is 18.4 Å². The van der Waals surface area contributed by atoms with Crippen LogP contribution in [0.15, 0.2) is 24.3 Å². The molecule has 1 aliphatic carbocycles. The third kappa shape index (κ3) is 6.45. The molecule has 0 heterocycles. The SMILES string of the molecule is CNC(=O)Cc1ccccc1NC(=O)NCCC(=O)NC1CCCC1. The van der Waals surface area contributed by atoms with Crippen LogP contribution in [0, 0.1) is 0 Å². The van der Waals surface area contributed by atoms with Crippen LogP contribution < -0.4 is 21.3 Å². The van der Waals surface area contributed by atoms with Gasteiger partial charge < -0.3 is 21.3 Å². The van der Waals surface area contributed by atoms with Gasteiger partial charge in [0.15, 0.2) is 0 Å². The summed E-state index contributed by atoms with van der Waals surface area (Å²) in [7, 11) is 1.57. The fourth-order valence-corrected chi connectivity index (χ4v) is 2.88. The lowest BCUT2D eigenvalue weighted by atomic mass is 10.1. The molecule has 1 saturated carbocycles. The van der Waals surface area contributed by atoms with Crippen LogP contribution in [0.25, 0.3) is 0 Å². The van der Waals surface area contributed by atoms with Crippen molar-refractivity contribution in [3.63, 3.8) is 0 Å². The van der Waals surface area contributed by atoms with Crippen LogP contribution in [0.2, 0.25) is 0 Å². The molecule has 0 spiro atoms. The molecule has 25 heavy (non-hydrogen) atoms. The minimum absolute atomic E-state index is 0.0350. The molecule has 1 aliphatic rings. The van der Waals surface area contributed by atoms with Crippen molar-refractivity contribution in [1.29, 1.82) is 0 Å². The van der Waals surface area contributed by atoms with Crippen molar-refractivity contribution in [2.24, 2.45) is 0 Å². The molecule has 1 fully saturated rings. The van der Waals surface area contributed by atoms with Gasteiger partial charge in [0.1, 0.15) is 0 Å². The number of likely N-dealkylation sites (N-methyl/N-ethyl adjacent to an activating group) is 1. The standard InChI is InChI=1S/C18H26N4O3/c1-19-17(24)12-13-6-2-5-9-15(13)22-18(25)20-11-10-16(23)21-14-7-3-4-8-14/h2,5-6,9,14H,3-4,7-8,10-12H2,1H3,(H,19,24)(H,21,23)(H2,20,22,25). The zero-order valence-electron chi connectivity index (χ0n) is 14.6. The Bertz CT molecular complexity index is 612. The third-order valence-corrected chi connectivity index (χ3v) is 4.25. The molecule has 0 atom stereocenters. The van der Waals surface area contributed by atoms with Crippen LogP contribution in [0.1, 0.15) is 37.7 Å². The second-order valence-corrected chi connectivity index (χ2v) is 6.19. The number of benzene rings is 1. The summed E-state index contributed by atoms with van der Waals surface area (Å²) in [4.78, 5) is 35.3. The molecule has 0 bridgehead atoms. The summed E-state index contributed by atoms with van der Waals surface area (Å²) in [5.41, 5.74) is 1.31. The number of rotatable bonds is 7. The van der Waals surface area contributed by atoms with Crippen LogP contribution in [-0.2, 0) is 16.0 Å².